The van der Waals surface area contributed by atoms with Crippen LogP contribution in [0.2, 0.25) is 0 Å². The molecule has 0 radical (unpaired) electrons. The van der Waals surface area contributed by atoms with Crippen molar-refractivity contribution in [1.82, 2.24) is 0 Å². The summed E-state index contributed by atoms with van der Waals surface area (Å²) in [6, 6.07) is 0. The number of fused-ring (bicyclic) bond motifs is 6. The SMILES string of the molecule is CC12CC3CC(CC(C3)C1)C2.CC1C2CCC(CC2)[C@H]1C.CC1CCC2(CC1)CCC(C)(C)CC2.CC1CCC2(CCCC2)CC1.CC1CCC2(CCCCC2)CC1.CCC12CC3CC(CC(C3)C1)C2.C[C@@H]1C2CCC(CC2)C1(C)C. The van der Waals surface area contributed by atoms with Gasteiger partial charge in [0.15, 0.2) is 0 Å². The minimum absolute atomic E-state index is 0.647. The van der Waals surface area contributed by atoms with Crippen molar-refractivity contribution in [2.45, 2.75) is 378 Å². The molecule has 3 spiro atoms. The van der Waals surface area contributed by atoms with Crippen LogP contribution >= 0.6 is 0 Å². The summed E-state index contributed by atoms with van der Waals surface area (Å²) in [5, 5.41) is 0. The van der Waals surface area contributed by atoms with E-state index in [2.05, 4.69) is 83.1 Å². The topological polar surface area (TPSA) is 0 Å². The Kier molecular flexibility index (Phi) is 21.3. The van der Waals surface area contributed by atoms with Crippen molar-refractivity contribution in [2.75, 3.05) is 0 Å². The fourth-order valence-electron chi connectivity index (χ4n) is 25.2. The zero-order valence-corrected chi connectivity index (χ0v) is 57.3. The van der Waals surface area contributed by atoms with E-state index in [1.165, 1.54) is 167 Å². The highest BCUT2D eigenvalue weighted by Crippen LogP contribution is 2.63. The van der Waals surface area contributed by atoms with Crippen molar-refractivity contribution in [3.05, 3.63) is 0 Å². The summed E-state index contributed by atoms with van der Waals surface area (Å²) in [5.74, 6) is 17.3. The first-order valence-corrected chi connectivity index (χ1v) is 38.6. The van der Waals surface area contributed by atoms with Gasteiger partial charge in [-0.25, -0.2) is 0 Å². The lowest BCUT2D eigenvalue weighted by molar-refractivity contribution is -0.0545. The van der Waals surface area contributed by atoms with Crippen LogP contribution in [0.5, 0.6) is 0 Å². The molecule has 0 heterocycles. The molecule has 0 aliphatic heterocycles. The molecule has 20 saturated carbocycles. The first kappa shape index (κ1) is 64.0. The van der Waals surface area contributed by atoms with Crippen LogP contribution in [-0.4, -0.2) is 0 Å². The van der Waals surface area contributed by atoms with Gasteiger partial charge in [-0.15, -0.1) is 0 Å². The van der Waals surface area contributed by atoms with Crippen LogP contribution in [0, 0.1) is 133 Å². The molecule has 12 bridgehead atoms. The van der Waals surface area contributed by atoms with Gasteiger partial charge in [0.1, 0.15) is 0 Å². The molecule has 468 valence electrons. The molecule has 0 aromatic heterocycles. The van der Waals surface area contributed by atoms with Crippen molar-refractivity contribution >= 4 is 0 Å². The van der Waals surface area contributed by atoms with E-state index < -0.39 is 0 Å². The van der Waals surface area contributed by atoms with Gasteiger partial charge in [-0.2, -0.15) is 0 Å². The highest BCUT2D eigenvalue weighted by molar-refractivity contribution is 5.02. The van der Waals surface area contributed by atoms with E-state index >= 15 is 0 Å². The summed E-state index contributed by atoms with van der Waals surface area (Å²) < 4.78 is 0. The Morgan fingerprint density at radius 2 is 0.617 bits per heavy atom. The Hall–Kier alpha value is 0. The van der Waals surface area contributed by atoms with Crippen LogP contribution in [0.1, 0.15) is 378 Å². The second-order valence-electron chi connectivity index (χ2n) is 38.1. The van der Waals surface area contributed by atoms with E-state index in [0.29, 0.717) is 10.8 Å². The summed E-state index contributed by atoms with van der Waals surface area (Å²) in [6.45, 7) is 29.5. The van der Waals surface area contributed by atoms with Crippen LogP contribution in [-0.2, 0) is 0 Å². The van der Waals surface area contributed by atoms with Crippen molar-refractivity contribution in [3.8, 4) is 0 Å². The van der Waals surface area contributed by atoms with Gasteiger partial charge >= 0.3 is 0 Å². The van der Waals surface area contributed by atoms with E-state index in [0.717, 1.165) is 122 Å². The molecule has 0 aromatic carbocycles. The molecule has 20 fully saturated rings. The quantitative estimate of drug-likeness (QED) is 0.245. The van der Waals surface area contributed by atoms with Crippen molar-refractivity contribution in [3.63, 3.8) is 0 Å². The van der Waals surface area contributed by atoms with Crippen molar-refractivity contribution < 1.29 is 0 Å². The predicted molar refractivity (Wildman–Crippen MR) is 353 cm³/mol. The molecule has 20 aliphatic rings. The molecule has 20 rings (SSSR count). The second kappa shape index (κ2) is 27.0. The van der Waals surface area contributed by atoms with Gasteiger partial charge in [-0.05, 0) is 351 Å². The van der Waals surface area contributed by atoms with Gasteiger partial charge in [-0.3, -0.25) is 0 Å². The zero-order valence-electron chi connectivity index (χ0n) is 57.3. The molecule has 3 atom stereocenters. The van der Waals surface area contributed by atoms with Gasteiger partial charge in [0.05, 0.1) is 0 Å². The van der Waals surface area contributed by atoms with Gasteiger partial charge in [0, 0.05) is 0 Å². The fourth-order valence-corrected chi connectivity index (χ4v) is 25.2. The Morgan fingerprint density at radius 3 is 0.901 bits per heavy atom. The molecule has 0 amide bonds. The smallest absolute Gasteiger partial charge is 0.0292 e. The Morgan fingerprint density at radius 1 is 0.309 bits per heavy atom. The predicted octanol–water partition coefficient (Wildman–Crippen LogP) is 26.1. The Labute approximate surface area is 508 Å². The van der Waals surface area contributed by atoms with E-state index in [1.54, 1.807) is 128 Å². The summed E-state index contributed by atoms with van der Waals surface area (Å²) in [6.07, 6.45) is 70.9. The summed E-state index contributed by atoms with van der Waals surface area (Å²) in [4.78, 5) is 0. The van der Waals surface area contributed by atoms with Gasteiger partial charge in [0.2, 0.25) is 0 Å². The van der Waals surface area contributed by atoms with Crippen LogP contribution < -0.4 is 0 Å². The summed E-state index contributed by atoms with van der Waals surface area (Å²) in [5.41, 5.74) is 5.43. The third kappa shape index (κ3) is 16.1. The van der Waals surface area contributed by atoms with Gasteiger partial charge in [-0.1, -0.05) is 160 Å². The minimum atomic E-state index is 0.647. The van der Waals surface area contributed by atoms with Crippen LogP contribution in [0.25, 0.3) is 0 Å². The highest BCUT2D eigenvalue weighted by atomic mass is 14.6. The Bertz CT molecular complexity index is 1740. The third-order valence-electron chi connectivity index (χ3n) is 31.3. The maximum Gasteiger partial charge on any atom is -0.0292 e. The lowest BCUT2D eigenvalue weighted by Crippen LogP contribution is -2.45. The fraction of sp³-hybridized carbons (Fsp3) is 1.00. The molecule has 20 aliphatic carbocycles. The molecule has 0 heteroatoms. The second-order valence-corrected chi connectivity index (χ2v) is 38.1. The average molecular weight is 1120 g/mol. The first-order chi connectivity index (χ1) is 38.6. The molecule has 0 saturated heterocycles. The molecule has 0 nitrogen and oxygen atoms in total. The third-order valence-corrected chi connectivity index (χ3v) is 31.3. The van der Waals surface area contributed by atoms with E-state index in [9.17, 15) is 0 Å². The van der Waals surface area contributed by atoms with Crippen LogP contribution in [0.4, 0.5) is 0 Å². The van der Waals surface area contributed by atoms with Crippen molar-refractivity contribution in [1.29, 1.82) is 0 Å². The van der Waals surface area contributed by atoms with Crippen LogP contribution in [0.15, 0.2) is 0 Å². The summed E-state index contributed by atoms with van der Waals surface area (Å²) in [7, 11) is 0. The number of hydrogen-bond acceptors (Lipinski definition) is 0. The maximum absolute atomic E-state index is 2.54. The molecule has 81 heavy (non-hydrogen) atoms. The van der Waals surface area contributed by atoms with E-state index in [4.69, 9.17) is 0 Å². The van der Waals surface area contributed by atoms with Gasteiger partial charge in [0.25, 0.3) is 0 Å². The molecule has 0 N–H and O–H groups in total. The van der Waals surface area contributed by atoms with E-state index in [-0.39, 0.29) is 0 Å². The molecular formula is C81H144. The van der Waals surface area contributed by atoms with E-state index in [1.807, 2.05) is 0 Å². The largest absolute Gasteiger partial charge is 0.0649 e. The van der Waals surface area contributed by atoms with Crippen LogP contribution in [0.3, 0.4) is 0 Å². The maximum atomic E-state index is 2.54. The van der Waals surface area contributed by atoms with Gasteiger partial charge < -0.3 is 0 Å². The average Bonchev–Trinajstić information content (AvgIpc) is 4.00. The normalized spacial score (nSPS) is 44.6. The Balaban J connectivity index is 0.000000106. The monoisotopic (exact) mass is 1120 g/mol. The summed E-state index contributed by atoms with van der Waals surface area (Å²) >= 11 is 0. The molecule has 0 aromatic rings. The number of hydrogen-bond donors (Lipinski definition) is 0. The molecular weight excluding hydrogens is 973 g/mol. The standard InChI is InChI=1S/C14H26.C12H20.C12H22.C11H18.2C11H20.C10H18/c1-12-4-6-14(7-5-12)10-8-13(2,3)9-11-14;1-2-12-6-9-3-10(7-12)5-11(4-9)8-12;1-11-5-9-12(10-6-11)7-3-2-4-8-12;1-11-5-8-2-9(6-11)4-10(3-8)7-11;1-8-9-4-6-10(7-5-9)11(8,2)3;1-10-4-8-11(9-5-10)6-2-3-7-11;1-7-8(2)10-5-3-9(7)4-6-10/h12H,4-11H2,1-3H3;9-11H,2-8H2,1H3;11H,2-10H2,1H3;8-10H,2-7H2,1H3;8-10H,4-7H2,1-3H3;10H,2-9H2,1H3;7-10H,3-6H2,1-2H3/t;;;;8-,9?,10?;;7-,8?,9?,10?/m....1.0/s1. The lowest BCUT2D eigenvalue weighted by Gasteiger charge is -2.56. The number of rotatable bonds is 1. The highest BCUT2D eigenvalue weighted by Gasteiger charge is 2.51. The first-order valence-electron chi connectivity index (χ1n) is 38.6. The molecule has 1 unspecified atom stereocenters. The van der Waals surface area contributed by atoms with Crippen molar-refractivity contribution in [2.24, 2.45) is 133 Å². The zero-order chi connectivity index (χ0) is 57.3. The lowest BCUT2D eigenvalue weighted by atomic mass is 9.49. The minimum Gasteiger partial charge on any atom is -0.0649 e.